The highest BCUT2D eigenvalue weighted by molar-refractivity contribution is 5.91. The molecule has 0 bridgehead atoms. The van der Waals surface area contributed by atoms with E-state index in [4.69, 9.17) is 4.74 Å². The maximum atomic E-state index is 11.5. The summed E-state index contributed by atoms with van der Waals surface area (Å²) in [5.74, 6) is -0.147. The van der Waals surface area contributed by atoms with Crippen LogP contribution in [0.15, 0.2) is 12.3 Å². The summed E-state index contributed by atoms with van der Waals surface area (Å²) in [6, 6.07) is 1.51. The molecular weight excluding hydrogens is 182 g/mol. The molecule has 1 aromatic heterocycles. The molecule has 0 saturated carbocycles. The van der Waals surface area contributed by atoms with Crippen LogP contribution in [0.3, 0.4) is 0 Å². The first-order valence-electron chi connectivity index (χ1n) is 4.68. The van der Waals surface area contributed by atoms with E-state index in [0.717, 1.165) is 0 Å². The third kappa shape index (κ3) is 1.27. The Morgan fingerprint density at radius 1 is 1.64 bits per heavy atom. The van der Waals surface area contributed by atoms with Gasteiger partial charge in [0.05, 0.1) is 6.54 Å². The molecular formula is C10H13NO3. The molecule has 4 nitrogen and oxygen atoms in total. The molecule has 76 valence electrons. The second kappa shape index (κ2) is 3.04. The van der Waals surface area contributed by atoms with Gasteiger partial charge in [-0.1, -0.05) is 13.8 Å². The molecule has 0 aromatic carbocycles. The van der Waals surface area contributed by atoms with Gasteiger partial charge in [-0.15, -0.1) is 0 Å². The summed E-state index contributed by atoms with van der Waals surface area (Å²) in [4.78, 5) is 11.5. The fraction of sp³-hybridized carbons (Fsp3) is 0.500. The van der Waals surface area contributed by atoms with Gasteiger partial charge in [0.15, 0.2) is 5.69 Å². The van der Waals surface area contributed by atoms with Gasteiger partial charge in [0.25, 0.3) is 0 Å². The minimum Gasteiger partial charge on any atom is -0.505 e. The van der Waals surface area contributed by atoms with E-state index in [1.807, 2.05) is 13.8 Å². The van der Waals surface area contributed by atoms with Gasteiger partial charge in [-0.3, -0.25) is 0 Å². The summed E-state index contributed by atoms with van der Waals surface area (Å²) < 4.78 is 6.94. The molecule has 2 heterocycles. The Morgan fingerprint density at radius 3 is 3.00 bits per heavy atom. The summed E-state index contributed by atoms with van der Waals surface area (Å²) in [5, 5.41) is 9.37. The number of nitrogens with zero attached hydrogens (tertiary/aromatic N) is 1. The molecule has 0 aliphatic carbocycles. The van der Waals surface area contributed by atoms with Crippen LogP contribution in [0.1, 0.15) is 24.3 Å². The van der Waals surface area contributed by atoms with Gasteiger partial charge in [0.2, 0.25) is 0 Å². The first-order valence-corrected chi connectivity index (χ1v) is 4.68. The molecule has 0 saturated heterocycles. The molecule has 0 amide bonds. The molecule has 0 spiro atoms. The zero-order valence-corrected chi connectivity index (χ0v) is 8.23. The van der Waals surface area contributed by atoms with Gasteiger partial charge in [-0.2, -0.15) is 0 Å². The third-order valence-corrected chi connectivity index (χ3v) is 2.51. The SMILES string of the molecule is CC(C)C1Cn2ccc(O)c2C(=O)O1. The van der Waals surface area contributed by atoms with Crippen LogP contribution in [-0.2, 0) is 11.3 Å². The predicted molar refractivity (Wildman–Crippen MR) is 50.1 cm³/mol. The van der Waals surface area contributed by atoms with Crippen molar-refractivity contribution in [2.75, 3.05) is 0 Å². The van der Waals surface area contributed by atoms with Crippen molar-refractivity contribution in [2.45, 2.75) is 26.5 Å². The Morgan fingerprint density at radius 2 is 2.36 bits per heavy atom. The summed E-state index contributed by atoms with van der Waals surface area (Å²) in [7, 11) is 0. The van der Waals surface area contributed by atoms with Crippen molar-refractivity contribution < 1.29 is 14.6 Å². The van der Waals surface area contributed by atoms with Crippen LogP contribution < -0.4 is 0 Å². The lowest BCUT2D eigenvalue weighted by Crippen LogP contribution is -2.34. The Hall–Kier alpha value is -1.45. The van der Waals surface area contributed by atoms with E-state index < -0.39 is 5.97 Å². The second-order valence-electron chi connectivity index (χ2n) is 3.89. The molecule has 14 heavy (non-hydrogen) atoms. The number of ether oxygens (including phenoxy) is 1. The minimum absolute atomic E-state index is 0.00259. The van der Waals surface area contributed by atoms with E-state index in [1.165, 1.54) is 6.07 Å². The topological polar surface area (TPSA) is 51.5 Å². The highest BCUT2D eigenvalue weighted by Crippen LogP contribution is 2.26. The Balaban J connectivity index is 2.35. The lowest BCUT2D eigenvalue weighted by Gasteiger charge is -2.27. The van der Waals surface area contributed by atoms with Crippen molar-refractivity contribution in [3.8, 4) is 5.75 Å². The van der Waals surface area contributed by atoms with Crippen LogP contribution in [-0.4, -0.2) is 21.7 Å². The van der Waals surface area contributed by atoms with Gasteiger partial charge in [0.1, 0.15) is 11.9 Å². The average Bonchev–Trinajstić information content (AvgIpc) is 2.48. The fourth-order valence-corrected chi connectivity index (χ4v) is 1.61. The molecule has 1 N–H and O–H groups in total. The van der Waals surface area contributed by atoms with Gasteiger partial charge in [0, 0.05) is 6.20 Å². The molecule has 0 radical (unpaired) electrons. The number of carbonyl (C=O) groups excluding carboxylic acids is 1. The van der Waals surface area contributed by atoms with E-state index in [2.05, 4.69) is 0 Å². The van der Waals surface area contributed by atoms with Crippen LogP contribution in [0.2, 0.25) is 0 Å². The highest BCUT2D eigenvalue weighted by atomic mass is 16.5. The standard InChI is InChI=1S/C10H13NO3/c1-6(2)8-5-11-4-3-7(12)9(11)10(13)14-8/h3-4,6,8,12H,5H2,1-2H3. The number of fused-ring (bicyclic) bond motifs is 1. The van der Waals surface area contributed by atoms with Crippen LogP contribution in [0.4, 0.5) is 0 Å². The van der Waals surface area contributed by atoms with Crippen molar-refractivity contribution in [1.82, 2.24) is 4.57 Å². The number of hydrogen-bond acceptors (Lipinski definition) is 3. The maximum Gasteiger partial charge on any atom is 0.359 e. The first kappa shape index (κ1) is 9.12. The molecule has 1 aliphatic heterocycles. The average molecular weight is 195 g/mol. The zero-order valence-electron chi connectivity index (χ0n) is 8.23. The van der Waals surface area contributed by atoms with E-state index in [-0.39, 0.29) is 23.5 Å². The Labute approximate surface area is 82.1 Å². The number of carbonyl (C=O) groups is 1. The van der Waals surface area contributed by atoms with Gasteiger partial charge in [-0.25, -0.2) is 4.79 Å². The van der Waals surface area contributed by atoms with Crippen LogP contribution in [0, 0.1) is 5.92 Å². The summed E-state index contributed by atoms with van der Waals surface area (Å²) in [5.41, 5.74) is 0.266. The third-order valence-electron chi connectivity index (χ3n) is 2.51. The molecule has 0 fully saturated rings. The normalized spacial score (nSPS) is 20.8. The largest absolute Gasteiger partial charge is 0.505 e. The van der Waals surface area contributed by atoms with Crippen molar-refractivity contribution >= 4 is 5.97 Å². The zero-order chi connectivity index (χ0) is 10.3. The monoisotopic (exact) mass is 195 g/mol. The van der Waals surface area contributed by atoms with Crippen LogP contribution >= 0.6 is 0 Å². The van der Waals surface area contributed by atoms with Gasteiger partial charge >= 0.3 is 5.97 Å². The molecule has 1 unspecified atom stereocenters. The fourth-order valence-electron chi connectivity index (χ4n) is 1.61. The lowest BCUT2D eigenvalue weighted by molar-refractivity contribution is 0.00214. The Kier molecular flexibility index (Phi) is 1.98. The number of aromatic nitrogens is 1. The molecule has 2 rings (SSSR count). The van der Waals surface area contributed by atoms with Crippen molar-refractivity contribution in [3.05, 3.63) is 18.0 Å². The number of hydrogen-bond donors (Lipinski definition) is 1. The Bertz CT molecular complexity index is 367. The number of aromatic hydroxyl groups is 1. The maximum absolute atomic E-state index is 11.5. The number of cyclic esters (lactones) is 1. The van der Waals surface area contributed by atoms with Gasteiger partial charge in [-0.05, 0) is 12.0 Å². The summed E-state index contributed by atoms with van der Waals surface area (Å²) in [6.45, 7) is 4.64. The molecule has 1 aromatic rings. The van der Waals surface area contributed by atoms with Crippen LogP contribution in [0.5, 0.6) is 5.75 Å². The highest BCUT2D eigenvalue weighted by Gasteiger charge is 2.30. The van der Waals surface area contributed by atoms with Crippen molar-refractivity contribution in [1.29, 1.82) is 0 Å². The second-order valence-corrected chi connectivity index (χ2v) is 3.89. The number of rotatable bonds is 1. The van der Waals surface area contributed by atoms with Crippen molar-refractivity contribution in [2.24, 2.45) is 5.92 Å². The van der Waals surface area contributed by atoms with E-state index in [9.17, 15) is 9.90 Å². The summed E-state index contributed by atoms with van der Waals surface area (Å²) in [6.07, 6.45) is 1.61. The minimum atomic E-state index is -0.433. The smallest absolute Gasteiger partial charge is 0.359 e. The van der Waals surface area contributed by atoms with Gasteiger partial charge < -0.3 is 14.4 Å². The van der Waals surface area contributed by atoms with E-state index >= 15 is 0 Å². The molecule has 1 aliphatic rings. The predicted octanol–water partition coefficient (Wildman–Crippen LogP) is 1.39. The quantitative estimate of drug-likeness (QED) is 0.689. The van der Waals surface area contributed by atoms with E-state index in [0.29, 0.717) is 6.54 Å². The van der Waals surface area contributed by atoms with E-state index in [1.54, 1.807) is 10.8 Å². The van der Waals surface area contributed by atoms with Crippen LogP contribution in [0.25, 0.3) is 0 Å². The molecule has 4 heteroatoms. The van der Waals surface area contributed by atoms with Crippen molar-refractivity contribution in [3.63, 3.8) is 0 Å². The summed E-state index contributed by atoms with van der Waals surface area (Å²) >= 11 is 0. The molecule has 1 atom stereocenters. The number of esters is 1. The first-order chi connectivity index (χ1) is 6.59. The lowest BCUT2D eigenvalue weighted by atomic mass is 10.1.